The van der Waals surface area contributed by atoms with Crippen LogP contribution < -0.4 is 5.32 Å². The first-order valence-corrected chi connectivity index (χ1v) is 6.43. The first-order valence-electron chi connectivity index (χ1n) is 6.43. The molecule has 1 saturated carbocycles. The summed E-state index contributed by atoms with van der Waals surface area (Å²) in [6.45, 7) is -0.0389. The van der Waals surface area contributed by atoms with Gasteiger partial charge in [-0.25, -0.2) is 8.78 Å². The number of carboxylic acid groups (broad SMARTS) is 1. The highest BCUT2D eigenvalue weighted by atomic mass is 19.1. The molecule has 0 heterocycles. The SMILES string of the molecule is O=C(NCC(CC1CC1)C(=O)O)c1cc(F)cc(F)c1. The van der Waals surface area contributed by atoms with Gasteiger partial charge in [-0.05, 0) is 24.5 Å². The molecule has 1 aliphatic carbocycles. The van der Waals surface area contributed by atoms with Crippen molar-refractivity contribution in [3.8, 4) is 0 Å². The molecule has 6 heteroatoms. The van der Waals surface area contributed by atoms with E-state index in [1.54, 1.807) is 0 Å². The normalized spacial score (nSPS) is 15.7. The Balaban J connectivity index is 1.94. The molecule has 2 N–H and O–H groups in total. The number of halogens is 2. The van der Waals surface area contributed by atoms with Gasteiger partial charge in [0.2, 0.25) is 0 Å². The van der Waals surface area contributed by atoms with Gasteiger partial charge in [0.25, 0.3) is 5.91 Å². The fourth-order valence-electron chi connectivity index (χ4n) is 2.03. The lowest BCUT2D eigenvalue weighted by Crippen LogP contribution is -2.33. The minimum atomic E-state index is -0.970. The Labute approximate surface area is 114 Å². The van der Waals surface area contributed by atoms with Gasteiger partial charge in [-0.3, -0.25) is 9.59 Å². The van der Waals surface area contributed by atoms with Crippen LogP contribution in [-0.2, 0) is 4.79 Å². The Bertz CT molecular complexity index is 509. The molecule has 4 nitrogen and oxygen atoms in total. The highest BCUT2D eigenvalue weighted by Crippen LogP contribution is 2.35. The van der Waals surface area contributed by atoms with Crippen molar-refractivity contribution < 1.29 is 23.5 Å². The van der Waals surface area contributed by atoms with Gasteiger partial charge in [0, 0.05) is 18.2 Å². The lowest BCUT2D eigenvalue weighted by atomic mass is 10.0. The van der Waals surface area contributed by atoms with E-state index < -0.39 is 29.4 Å². The van der Waals surface area contributed by atoms with Gasteiger partial charge in [0.1, 0.15) is 11.6 Å². The molecule has 1 aromatic carbocycles. The van der Waals surface area contributed by atoms with Crippen LogP contribution in [-0.4, -0.2) is 23.5 Å². The maximum atomic E-state index is 13.0. The number of hydrogen-bond donors (Lipinski definition) is 2. The van der Waals surface area contributed by atoms with Gasteiger partial charge in [0.15, 0.2) is 0 Å². The molecule has 0 saturated heterocycles. The molecule has 108 valence electrons. The Morgan fingerprint density at radius 3 is 2.35 bits per heavy atom. The summed E-state index contributed by atoms with van der Waals surface area (Å²) in [5.41, 5.74) is -0.155. The molecule has 20 heavy (non-hydrogen) atoms. The maximum absolute atomic E-state index is 13.0. The predicted octanol–water partition coefficient (Wildman–Crippen LogP) is 2.20. The third-order valence-electron chi connectivity index (χ3n) is 3.30. The van der Waals surface area contributed by atoms with Gasteiger partial charge in [-0.1, -0.05) is 12.8 Å². The molecule has 0 bridgehead atoms. The third kappa shape index (κ3) is 4.01. The van der Waals surface area contributed by atoms with E-state index in [0.29, 0.717) is 18.4 Å². The third-order valence-corrected chi connectivity index (χ3v) is 3.30. The molecule has 1 aliphatic rings. The summed E-state index contributed by atoms with van der Waals surface area (Å²) in [5, 5.41) is 11.5. The van der Waals surface area contributed by atoms with Crippen LogP contribution in [0.2, 0.25) is 0 Å². The van der Waals surface area contributed by atoms with Gasteiger partial charge in [-0.15, -0.1) is 0 Å². The van der Waals surface area contributed by atoms with E-state index >= 15 is 0 Å². The van der Waals surface area contributed by atoms with Gasteiger partial charge in [-0.2, -0.15) is 0 Å². The summed E-state index contributed by atoms with van der Waals surface area (Å²) in [5.74, 6) is -3.58. The number of hydrogen-bond acceptors (Lipinski definition) is 2. The summed E-state index contributed by atoms with van der Waals surface area (Å²) in [7, 11) is 0. The molecule has 1 fully saturated rings. The molecule has 1 amide bonds. The highest BCUT2D eigenvalue weighted by molar-refractivity contribution is 5.94. The van der Waals surface area contributed by atoms with E-state index in [0.717, 1.165) is 25.0 Å². The number of benzene rings is 1. The average Bonchev–Trinajstić information content (AvgIpc) is 3.16. The molecule has 1 unspecified atom stereocenters. The van der Waals surface area contributed by atoms with Crippen molar-refractivity contribution in [3.63, 3.8) is 0 Å². The Morgan fingerprint density at radius 2 is 1.85 bits per heavy atom. The monoisotopic (exact) mass is 283 g/mol. The highest BCUT2D eigenvalue weighted by Gasteiger charge is 2.29. The fraction of sp³-hybridized carbons (Fsp3) is 0.429. The lowest BCUT2D eigenvalue weighted by Gasteiger charge is -2.13. The summed E-state index contributed by atoms with van der Waals surface area (Å²) in [4.78, 5) is 22.8. The van der Waals surface area contributed by atoms with Crippen molar-refractivity contribution in [3.05, 3.63) is 35.4 Å². The lowest BCUT2D eigenvalue weighted by molar-refractivity contribution is -0.141. The van der Waals surface area contributed by atoms with E-state index in [1.807, 2.05) is 0 Å². The summed E-state index contributed by atoms with van der Waals surface area (Å²) in [6, 6.07) is 2.49. The second-order valence-corrected chi connectivity index (χ2v) is 5.08. The van der Waals surface area contributed by atoms with E-state index in [1.165, 1.54) is 0 Å². The van der Waals surface area contributed by atoms with Crippen molar-refractivity contribution in [2.75, 3.05) is 6.54 Å². The second-order valence-electron chi connectivity index (χ2n) is 5.08. The molecule has 0 spiro atoms. The van der Waals surface area contributed by atoms with E-state index in [-0.39, 0.29) is 12.1 Å². The van der Waals surface area contributed by atoms with E-state index in [9.17, 15) is 18.4 Å². The van der Waals surface area contributed by atoms with Gasteiger partial charge < -0.3 is 10.4 Å². The smallest absolute Gasteiger partial charge is 0.308 e. The molecule has 2 rings (SSSR count). The van der Waals surface area contributed by atoms with Crippen molar-refractivity contribution in [2.45, 2.75) is 19.3 Å². The van der Waals surface area contributed by atoms with Crippen LogP contribution in [0, 0.1) is 23.5 Å². The molecule has 0 aliphatic heterocycles. The molecule has 1 atom stereocenters. The number of carboxylic acids is 1. The quantitative estimate of drug-likeness (QED) is 0.841. The van der Waals surface area contributed by atoms with Crippen LogP contribution in [0.4, 0.5) is 8.78 Å². The van der Waals surface area contributed by atoms with Crippen LogP contribution in [0.15, 0.2) is 18.2 Å². The second kappa shape index (κ2) is 5.98. The predicted molar refractivity (Wildman–Crippen MR) is 67.2 cm³/mol. The van der Waals surface area contributed by atoms with E-state index in [2.05, 4.69) is 5.32 Å². The number of nitrogens with one attached hydrogen (secondary N) is 1. The largest absolute Gasteiger partial charge is 0.481 e. The van der Waals surface area contributed by atoms with Crippen LogP contribution >= 0.6 is 0 Å². The van der Waals surface area contributed by atoms with Crippen molar-refractivity contribution in [2.24, 2.45) is 11.8 Å². The zero-order chi connectivity index (χ0) is 14.7. The molecule has 1 aromatic rings. The molecular weight excluding hydrogens is 268 g/mol. The van der Waals surface area contributed by atoms with Crippen molar-refractivity contribution in [1.29, 1.82) is 0 Å². The van der Waals surface area contributed by atoms with Gasteiger partial charge >= 0.3 is 5.97 Å². The molecular formula is C14H15F2NO3. The number of carbonyl (C=O) groups excluding carboxylic acids is 1. The number of aliphatic carboxylic acids is 1. The van der Waals surface area contributed by atoms with E-state index in [4.69, 9.17) is 5.11 Å². The number of rotatable bonds is 6. The van der Waals surface area contributed by atoms with Crippen molar-refractivity contribution in [1.82, 2.24) is 5.32 Å². The Kier molecular flexibility index (Phi) is 4.32. The van der Waals surface area contributed by atoms with Crippen LogP contribution in [0.1, 0.15) is 29.6 Å². The first-order chi connectivity index (χ1) is 9.45. The van der Waals surface area contributed by atoms with Crippen LogP contribution in [0.25, 0.3) is 0 Å². The van der Waals surface area contributed by atoms with Crippen LogP contribution in [0.5, 0.6) is 0 Å². The minimum Gasteiger partial charge on any atom is -0.481 e. The minimum absolute atomic E-state index is 0.0389. The van der Waals surface area contributed by atoms with Gasteiger partial charge in [0.05, 0.1) is 5.92 Å². The Morgan fingerprint density at radius 1 is 1.25 bits per heavy atom. The number of amides is 1. The fourth-order valence-corrected chi connectivity index (χ4v) is 2.03. The first kappa shape index (κ1) is 14.4. The Hall–Kier alpha value is -1.98. The van der Waals surface area contributed by atoms with Crippen LogP contribution in [0.3, 0.4) is 0 Å². The molecule has 0 aromatic heterocycles. The summed E-state index contributed by atoms with van der Waals surface area (Å²) < 4.78 is 26.0. The molecule has 0 radical (unpaired) electrons. The summed E-state index contributed by atoms with van der Waals surface area (Å²) in [6.07, 6.45) is 2.56. The maximum Gasteiger partial charge on any atom is 0.308 e. The zero-order valence-electron chi connectivity index (χ0n) is 10.7. The average molecular weight is 283 g/mol. The topological polar surface area (TPSA) is 66.4 Å². The number of carbonyl (C=O) groups is 2. The zero-order valence-corrected chi connectivity index (χ0v) is 10.7. The standard InChI is InChI=1S/C14H15F2NO3/c15-11-4-9(5-12(16)6-11)13(18)17-7-10(14(19)20)3-8-1-2-8/h4-6,8,10H,1-3,7H2,(H,17,18)(H,19,20). The van der Waals surface area contributed by atoms with Crippen molar-refractivity contribution >= 4 is 11.9 Å². The summed E-state index contributed by atoms with van der Waals surface area (Å²) >= 11 is 0.